The topological polar surface area (TPSA) is 167 Å². The molecule has 4 N–H and O–H groups in total. The number of Topliss-reactive ketones (excluding diaryl/α,β-unsaturated/α-hetero) is 2. The van der Waals surface area contributed by atoms with Crippen molar-refractivity contribution < 1.29 is 33.5 Å². The highest BCUT2D eigenvalue weighted by Gasteiger charge is 2.61. The molecule has 34 heavy (non-hydrogen) atoms. The molecule has 1 heterocycles. The van der Waals surface area contributed by atoms with Crippen molar-refractivity contribution in [2.24, 2.45) is 23.3 Å². The maximum Gasteiger partial charge on any atom is 0.312 e. The Kier molecular flexibility index (Phi) is 9.34. The molecule has 1 aromatic rings. The minimum Gasteiger partial charge on any atom is -0.461 e. The molecule has 4 atom stereocenters. The molecular weight excluding hydrogens is 442 g/mol. The molecule has 183 valence electrons. The van der Waals surface area contributed by atoms with Crippen LogP contribution in [-0.2, 0) is 40.1 Å². The van der Waals surface area contributed by atoms with Gasteiger partial charge in [-0.15, -0.1) is 0 Å². The van der Waals surface area contributed by atoms with Crippen LogP contribution >= 0.6 is 0 Å². The zero-order valence-electron chi connectivity index (χ0n) is 19.3. The Bertz CT molecular complexity index is 934. The number of likely N-dealkylation sites (tertiary alicyclic amines) is 1. The van der Waals surface area contributed by atoms with Crippen LogP contribution in [-0.4, -0.2) is 65.1 Å². The van der Waals surface area contributed by atoms with E-state index in [0.717, 1.165) is 4.90 Å². The van der Waals surface area contributed by atoms with E-state index in [0.29, 0.717) is 5.56 Å². The number of ketones is 2. The summed E-state index contributed by atoms with van der Waals surface area (Å²) < 4.78 is 5.37. The monoisotopic (exact) mass is 472 g/mol. The average molecular weight is 473 g/mol. The van der Waals surface area contributed by atoms with E-state index in [1.54, 1.807) is 50.5 Å². The van der Waals surface area contributed by atoms with Gasteiger partial charge in [-0.05, 0) is 24.3 Å². The number of hydrogen-bond donors (Lipinski definition) is 2. The Balaban J connectivity index is 2.38. The molecule has 0 saturated carbocycles. The van der Waals surface area contributed by atoms with Gasteiger partial charge in [0.2, 0.25) is 12.2 Å². The van der Waals surface area contributed by atoms with E-state index in [9.17, 15) is 28.8 Å². The van der Waals surface area contributed by atoms with Gasteiger partial charge in [0.25, 0.3) is 0 Å². The van der Waals surface area contributed by atoms with E-state index in [1.165, 1.54) is 0 Å². The van der Waals surface area contributed by atoms with Gasteiger partial charge in [0.05, 0.1) is 18.0 Å². The Morgan fingerprint density at radius 3 is 2.41 bits per heavy atom. The van der Waals surface area contributed by atoms with Crippen LogP contribution in [0.15, 0.2) is 30.3 Å². The average Bonchev–Trinajstić information content (AvgIpc) is 3.25. The minimum absolute atomic E-state index is 0.0366. The summed E-state index contributed by atoms with van der Waals surface area (Å²) in [6.45, 7) is 3.20. The molecule has 0 aliphatic carbocycles. The van der Waals surface area contributed by atoms with Crippen LogP contribution in [0.25, 0.3) is 0 Å². The number of rotatable bonds is 12. The Morgan fingerprint density at radius 2 is 1.85 bits per heavy atom. The molecule has 0 bridgehead atoms. The first kappa shape index (κ1) is 27.0. The van der Waals surface area contributed by atoms with Gasteiger partial charge < -0.3 is 21.1 Å². The SMILES string of the molecule is CC(C)[C@H](N)C(=O)N1CCC(C(=O)OCc2ccccc2)[C@]1([C]=O)C(=O)C(N)CCC(=O)C=O. The van der Waals surface area contributed by atoms with Crippen molar-refractivity contribution in [3.63, 3.8) is 0 Å². The van der Waals surface area contributed by atoms with Gasteiger partial charge in [0.15, 0.2) is 23.4 Å². The molecular formula is C24H30N3O7. The van der Waals surface area contributed by atoms with Gasteiger partial charge >= 0.3 is 5.97 Å². The van der Waals surface area contributed by atoms with Gasteiger partial charge in [-0.3, -0.25) is 28.8 Å². The highest BCUT2D eigenvalue weighted by molar-refractivity contribution is 6.25. The molecule has 1 fully saturated rings. The van der Waals surface area contributed by atoms with Crippen molar-refractivity contribution in [3.05, 3.63) is 35.9 Å². The van der Waals surface area contributed by atoms with Gasteiger partial charge in [0.1, 0.15) is 6.61 Å². The largest absolute Gasteiger partial charge is 0.461 e. The van der Waals surface area contributed by atoms with Crippen molar-refractivity contribution in [1.29, 1.82) is 0 Å². The first-order valence-corrected chi connectivity index (χ1v) is 11.0. The van der Waals surface area contributed by atoms with Crippen molar-refractivity contribution >= 4 is 36.0 Å². The third-order valence-electron chi connectivity index (χ3n) is 6.05. The van der Waals surface area contributed by atoms with Crippen LogP contribution in [0.4, 0.5) is 0 Å². The Morgan fingerprint density at radius 1 is 1.21 bits per heavy atom. The highest BCUT2D eigenvalue weighted by atomic mass is 16.5. The lowest BCUT2D eigenvalue weighted by Crippen LogP contribution is -2.65. The number of ether oxygens (including phenoxy) is 1. The number of benzene rings is 1. The second-order valence-electron chi connectivity index (χ2n) is 8.66. The van der Waals surface area contributed by atoms with Gasteiger partial charge in [0, 0.05) is 13.0 Å². The number of nitrogens with two attached hydrogens (primary N) is 2. The number of amides is 1. The number of esters is 1. The normalized spacial score (nSPS) is 21.6. The van der Waals surface area contributed by atoms with Crippen LogP contribution in [0.2, 0.25) is 0 Å². The highest BCUT2D eigenvalue weighted by Crippen LogP contribution is 2.37. The first-order valence-electron chi connectivity index (χ1n) is 11.0. The number of carbonyl (C=O) groups is 5. The molecule has 1 aromatic carbocycles. The quantitative estimate of drug-likeness (QED) is 0.182. The van der Waals surface area contributed by atoms with Crippen LogP contribution in [0, 0.1) is 11.8 Å². The predicted molar refractivity (Wildman–Crippen MR) is 121 cm³/mol. The standard InChI is InChI=1S/C24H30N3O7/c1-15(2)20(26)22(32)27-11-10-18(23(33)34-13-16-6-4-3-5-7-16)24(27,14-29)21(31)19(25)9-8-17(30)12-28/h3-7,12,15,18-20H,8-11,13,25-26H2,1-2H3/t18?,19?,20-,24+/m0/s1. The van der Waals surface area contributed by atoms with Crippen molar-refractivity contribution in [3.8, 4) is 0 Å². The van der Waals surface area contributed by atoms with Crippen LogP contribution in [0.1, 0.15) is 38.7 Å². The second kappa shape index (κ2) is 11.8. The van der Waals surface area contributed by atoms with Crippen LogP contribution in [0.3, 0.4) is 0 Å². The third kappa shape index (κ3) is 5.63. The molecule has 0 spiro atoms. The summed E-state index contributed by atoms with van der Waals surface area (Å²) in [5.74, 6) is -4.93. The zero-order valence-corrected chi connectivity index (χ0v) is 19.3. The van der Waals surface area contributed by atoms with E-state index in [4.69, 9.17) is 16.2 Å². The summed E-state index contributed by atoms with van der Waals surface area (Å²) in [7, 11) is 0. The molecule has 2 unspecified atom stereocenters. The molecule has 1 aliphatic heterocycles. The zero-order chi connectivity index (χ0) is 25.5. The van der Waals surface area contributed by atoms with E-state index in [1.807, 2.05) is 0 Å². The summed E-state index contributed by atoms with van der Waals surface area (Å²) in [6, 6.07) is 6.36. The van der Waals surface area contributed by atoms with Crippen molar-refractivity contribution in [2.45, 2.75) is 57.3 Å². The molecule has 1 saturated heterocycles. The molecule has 1 amide bonds. The summed E-state index contributed by atoms with van der Waals surface area (Å²) in [5, 5.41) is 0. The molecule has 10 heteroatoms. The van der Waals surface area contributed by atoms with E-state index >= 15 is 0 Å². The van der Waals surface area contributed by atoms with E-state index < -0.39 is 47.0 Å². The van der Waals surface area contributed by atoms with Crippen LogP contribution < -0.4 is 11.5 Å². The fourth-order valence-electron chi connectivity index (χ4n) is 3.95. The van der Waals surface area contributed by atoms with Gasteiger partial charge in [-0.2, -0.15) is 0 Å². The number of aldehydes is 1. The lowest BCUT2D eigenvalue weighted by atomic mass is 9.78. The van der Waals surface area contributed by atoms with E-state index in [-0.39, 0.29) is 44.6 Å². The van der Waals surface area contributed by atoms with Gasteiger partial charge in [-0.25, -0.2) is 0 Å². The minimum atomic E-state index is -2.35. The maximum absolute atomic E-state index is 13.5. The molecule has 2 rings (SSSR count). The number of hydrogen-bond acceptors (Lipinski definition) is 9. The predicted octanol–water partition coefficient (Wildman–Crippen LogP) is -0.145. The lowest BCUT2D eigenvalue weighted by molar-refractivity contribution is -0.156. The maximum atomic E-state index is 13.5. The summed E-state index contributed by atoms with van der Waals surface area (Å²) >= 11 is 0. The number of carbonyl (C=O) groups excluding carboxylic acids is 6. The smallest absolute Gasteiger partial charge is 0.312 e. The summed E-state index contributed by atoms with van der Waals surface area (Å²) in [5.41, 5.74) is 10.3. The van der Waals surface area contributed by atoms with Crippen molar-refractivity contribution in [1.82, 2.24) is 4.90 Å². The second-order valence-corrected chi connectivity index (χ2v) is 8.66. The Hall–Kier alpha value is -3.24. The van der Waals surface area contributed by atoms with Gasteiger partial charge in [-0.1, -0.05) is 44.2 Å². The fraction of sp³-hybridized carbons (Fsp3) is 0.500. The lowest BCUT2D eigenvalue weighted by Gasteiger charge is -2.38. The molecule has 0 aromatic heterocycles. The first-order chi connectivity index (χ1) is 16.1. The summed E-state index contributed by atoms with van der Waals surface area (Å²) in [4.78, 5) is 75.0. The third-order valence-corrected chi connectivity index (χ3v) is 6.05. The van der Waals surface area contributed by atoms with Crippen molar-refractivity contribution in [2.75, 3.05) is 6.54 Å². The Labute approximate surface area is 198 Å². The fourth-order valence-corrected chi connectivity index (χ4v) is 3.95. The molecule has 10 nitrogen and oxygen atoms in total. The molecule has 1 radical (unpaired) electrons. The van der Waals surface area contributed by atoms with Crippen LogP contribution in [0.5, 0.6) is 0 Å². The molecule has 1 aliphatic rings. The van der Waals surface area contributed by atoms with E-state index in [2.05, 4.69) is 0 Å². The number of nitrogens with zero attached hydrogens (tertiary/aromatic N) is 1. The summed E-state index contributed by atoms with van der Waals surface area (Å²) in [6.07, 6.45) is 1.13.